The van der Waals surface area contributed by atoms with E-state index in [1.807, 2.05) is 0 Å². The highest BCUT2D eigenvalue weighted by atomic mass is 79.9. The second-order valence-corrected chi connectivity index (χ2v) is 3.61. The predicted octanol–water partition coefficient (Wildman–Crippen LogP) is 3.80. The van der Waals surface area contributed by atoms with Crippen molar-refractivity contribution >= 4 is 17.0 Å². The molecule has 1 saturated heterocycles. The summed E-state index contributed by atoms with van der Waals surface area (Å²) in [6.45, 7) is 3.45. The van der Waals surface area contributed by atoms with Gasteiger partial charge in [0.15, 0.2) is 0 Å². The lowest BCUT2D eigenvalue weighted by molar-refractivity contribution is 0.582. The molecule has 78 valence electrons. The standard InChI is InChI=1S/C11H21N.BrH/c1-2-3-4-5-8-11-9-6-7-10-12-11;/h8,12H,2-7,9-10H2,1H3;1H. The Bertz CT molecular complexity index is 135. The molecule has 1 aliphatic heterocycles. The first-order chi connectivity index (χ1) is 5.93. The van der Waals surface area contributed by atoms with Gasteiger partial charge in [-0.3, -0.25) is 0 Å². The van der Waals surface area contributed by atoms with E-state index in [0.717, 1.165) is 0 Å². The van der Waals surface area contributed by atoms with Crippen molar-refractivity contribution in [1.29, 1.82) is 0 Å². The quantitative estimate of drug-likeness (QED) is 0.746. The third-order valence-electron chi connectivity index (χ3n) is 2.42. The third kappa shape index (κ3) is 6.14. The Kier molecular flexibility index (Phi) is 8.62. The van der Waals surface area contributed by atoms with Crippen LogP contribution in [0.2, 0.25) is 0 Å². The monoisotopic (exact) mass is 247 g/mol. The molecule has 1 nitrogen and oxygen atoms in total. The number of rotatable bonds is 4. The molecule has 0 aliphatic carbocycles. The van der Waals surface area contributed by atoms with Crippen LogP contribution in [0.3, 0.4) is 0 Å². The molecule has 1 fully saturated rings. The molecular formula is C11H22BrN. The molecule has 2 heteroatoms. The second-order valence-electron chi connectivity index (χ2n) is 3.61. The number of hydrogen-bond acceptors (Lipinski definition) is 1. The molecule has 0 amide bonds. The maximum atomic E-state index is 3.46. The molecule has 0 aromatic rings. The zero-order valence-corrected chi connectivity index (χ0v) is 10.4. The van der Waals surface area contributed by atoms with E-state index in [0.29, 0.717) is 0 Å². The maximum Gasteiger partial charge on any atom is 0.0143 e. The van der Waals surface area contributed by atoms with Crippen LogP contribution in [-0.2, 0) is 0 Å². The van der Waals surface area contributed by atoms with Gasteiger partial charge in [-0.15, -0.1) is 17.0 Å². The minimum Gasteiger partial charge on any atom is -0.389 e. The number of hydrogen-bond donors (Lipinski definition) is 1. The van der Waals surface area contributed by atoms with Gasteiger partial charge >= 0.3 is 0 Å². The Morgan fingerprint density at radius 2 is 2.15 bits per heavy atom. The average molecular weight is 248 g/mol. The van der Waals surface area contributed by atoms with Gasteiger partial charge in [0.1, 0.15) is 0 Å². The Hall–Kier alpha value is 0.0200. The fourth-order valence-corrected chi connectivity index (χ4v) is 1.62. The van der Waals surface area contributed by atoms with Gasteiger partial charge in [0.05, 0.1) is 0 Å². The number of piperidine rings is 1. The summed E-state index contributed by atoms with van der Waals surface area (Å²) in [5.41, 5.74) is 1.50. The lowest BCUT2D eigenvalue weighted by Gasteiger charge is -2.16. The molecule has 0 spiro atoms. The molecule has 0 aromatic heterocycles. The molecule has 0 unspecified atom stereocenters. The molecule has 13 heavy (non-hydrogen) atoms. The highest BCUT2D eigenvalue weighted by molar-refractivity contribution is 8.93. The summed E-state index contributed by atoms with van der Waals surface area (Å²) < 4.78 is 0. The molecule has 0 radical (unpaired) electrons. The highest BCUT2D eigenvalue weighted by Crippen LogP contribution is 2.11. The van der Waals surface area contributed by atoms with E-state index < -0.39 is 0 Å². The smallest absolute Gasteiger partial charge is 0.0143 e. The Morgan fingerprint density at radius 3 is 2.77 bits per heavy atom. The fraction of sp³-hybridized carbons (Fsp3) is 0.818. The highest BCUT2D eigenvalue weighted by Gasteiger charge is 2.01. The summed E-state index contributed by atoms with van der Waals surface area (Å²) in [5.74, 6) is 0. The first-order valence-corrected chi connectivity index (χ1v) is 5.36. The van der Waals surface area contributed by atoms with Crippen LogP contribution in [0.1, 0.15) is 51.9 Å². The number of halogens is 1. The molecule has 1 aliphatic rings. The van der Waals surface area contributed by atoms with Crippen molar-refractivity contribution in [2.75, 3.05) is 6.54 Å². The Balaban J connectivity index is 0.00000144. The van der Waals surface area contributed by atoms with E-state index in [-0.39, 0.29) is 17.0 Å². The van der Waals surface area contributed by atoms with Crippen molar-refractivity contribution < 1.29 is 0 Å². The molecule has 1 heterocycles. The van der Waals surface area contributed by atoms with Gasteiger partial charge in [0.2, 0.25) is 0 Å². The van der Waals surface area contributed by atoms with Crippen LogP contribution >= 0.6 is 17.0 Å². The lowest BCUT2D eigenvalue weighted by atomic mass is 10.1. The van der Waals surface area contributed by atoms with Crippen LogP contribution in [-0.4, -0.2) is 6.54 Å². The van der Waals surface area contributed by atoms with Gasteiger partial charge in [-0.25, -0.2) is 0 Å². The van der Waals surface area contributed by atoms with Crippen LogP contribution in [0.5, 0.6) is 0 Å². The van der Waals surface area contributed by atoms with Crippen molar-refractivity contribution in [3.63, 3.8) is 0 Å². The van der Waals surface area contributed by atoms with E-state index in [1.54, 1.807) is 0 Å². The van der Waals surface area contributed by atoms with E-state index in [2.05, 4.69) is 18.3 Å². The molecule has 0 aromatic carbocycles. The van der Waals surface area contributed by atoms with Crippen LogP contribution in [0.4, 0.5) is 0 Å². The first-order valence-electron chi connectivity index (χ1n) is 5.36. The van der Waals surface area contributed by atoms with Gasteiger partial charge in [-0.2, -0.15) is 0 Å². The molecule has 0 saturated carbocycles. The zero-order valence-electron chi connectivity index (χ0n) is 8.64. The molecular weight excluding hydrogens is 226 g/mol. The summed E-state index contributed by atoms with van der Waals surface area (Å²) in [6, 6.07) is 0. The first kappa shape index (κ1) is 13.0. The van der Waals surface area contributed by atoms with Gasteiger partial charge in [-0.05, 0) is 32.1 Å². The summed E-state index contributed by atoms with van der Waals surface area (Å²) >= 11 is 0. The maximum absolute atomic E-state index is 3.46. The topological polar surface area (TPSA) is 12.0 Å². The number of unbranched alkanes of at least 4 members (excludes halogenated alkanes) is 3. The van der Waals surface area contributed by atoms with E-state index in [4.69, 9.17) is 0 Å². The minimum atomic E-state index is 0. The van der Waals surface area contributed by atoms with E-state index in [9.17, 15) is 0 Å². The van der Waals surface area contributed by atoms with Crippen molar-refractivity contribution in [3.8, 4) is 0 Å². The van der Waals surface area contributed by atoms with Crippen molar-refractivity contribution in [2.45, 2.75) is 51.9 Å². The van der Waals surface area contributed by atoms with E-state index in [1.165, 1.54) is 57.2 Å². The summed E-state index contributed by atoms with van der Waals surface area (Å²) in [5, 5.41) is 3.46. The fourth-order valence-electron chi connectivity index (χ4n) is 1.62. The van der Waals surface area contributed by atoms with Gasteiger partial charge < -0.3 is 5.32 Å². The number of nitrogens with one attached hydrogen (secondary N) is 1. The summed E-state index contributed by atoms with van der Waals surface area (Å²) in [6.07, 6.45) is 11.8. The predicted molar refractivity (Wildman–Crippen MR) is 64.4 cm³/mol. The lowest BCUT2D eigenvalue weighted by Crippen LogP contribution is -2.19. The van der Waals surface area contributed by atoms with Crippen LogP contribution in [0.25, 0.3) is 0 Å². The van der Waals surface area contributed by atoms with Crippen LogP contribution in [0.15, 0.2) is 11.8 Å². The van der Waals surface area contributed by atoms with Crippen molar-refractivity contribution in [1.82, 2.24) is 5.32 Å². The average Bonchev–Trinajstić information content (AvgIpc) is 2.14. The second kappa shape index (κ2) is 8.61. The SMILES string of the molecule is Br.CCCCCC=C1CCCCN1. The molecule has 1 N–H and O–H groups in total. The van der Waals surface area contributed by atoms with Gasteiger partial charge in [0.25, 0.3) is 0 Å². The van der Waals surface area contributed by atoms with Crippen molar-refractivity contribution in [3.05, 3.63) is 11.8 Å². The molecule has 0 bridgehead atoms. The van der Waals surface area contributed by atoms with Gasteiger partial charge in [0, 0.05) is 12.2 Å². The molecule has 1 rings (SSSR count). The van der Waals surface area contributed by atoms with Crippen LogP contribution < -0.4 is 5.32 Å². The summed E-state index contributed by atoms with van der Waals surface area (Å²) in [7, 11) is 0. The van der Waals surface area contributed by atoms with E-state index >= 15 is 0 Å². The summed E-state index contributed by atoms with van der Waals surface area (Å²) in [4.78, 5) is 0. The number of allylic oxidation sites excluding steroid dienone is 2. The van der Waals surface area contributed by atoms with Gasteiger partial charge in [-0.1, -0.05) is 25.8 Å². The molecule has 0 atom stereocenters. The third-order valence-corrected chi connectivity index (χ3v) is 2.42. The normalized spacial score (nSPS) is 19.3. The van der Waals surface area contributed by atoms with Crippen LogP contribution in [0, 0.1) is 0 Å². The Morgan fingerprint density at radius 1 is 1.31 bits per heavy atom. The minimum absolute atomic E-state index is 0. The zero-order chi connectivity index (χ0) is 8.65. The largest absolute Gasteiger partial charge is 0.389 e. The Labute approximate surface area is 92.8 Å². The van der Waals surface area contributed by atoms with Crippen molar-refractivity contribution in [2.24, 2.45) is 0 Å².